The number of carboxylic acids is 1. The van der Waals surface area contributed by atoms with Crippen molar-refractivity contribution in [1.29, 1.82) is 0 Å². The summed E-state index contributed by atoms with van der Waals surface area (Å²) in [7, 11) is 0. The number of aliphatic carboxylic acids is 1. The van der Waals surface area contributed by atoms with Crippen molar-refractivity contribution in [3.8, 4) is 5.75 Å². The van der Waals surface area contributed by atoms with Gasteiger partial charge in [0.2, 0.25) is 5.91 Å². The minimum atomic E-state index is -1.13. The zero-order valence-electron chi connectivity index (χ0n) is 10.00. The minimum absolute atomic E-state index is 0. The van der Waals surface area contributed by atoms with Crippen molar-refractivity contribution in [2.24, 2.45) is 5.73 Å². The third kappa shape index (κ3) is 6.61. The Bertz CT molecular complexity index is 410. The Morgan fingerprint density at radius 1 is 1.26 bits per heavy atom. The van der Waals surface area contributed by atoms with E-state index in [4.69, 9.17) is 15.9 Å². The van der Waals surface area contributed by atoms with Gasteiger partial charge in [-0.15, -0.1) is 12.4 Å². The van der Waals surface area contributed by atoms with E-state index < -0.39 is 17.9 Å². The molecular formula is C11H17ClN2O5. The van der Waals surface area contributed by atoms with Crippen LogP contribution >= 0.6 is 12.4 Å². The highest BCUT2D eigenvalue weighted by molar-refractivity contribution is 5.85. The molecule has 0 aliphatic rings. The van der Waals surface area contributed by atoms with Gasteiger partial charge in [0.05, 0.1) is 6.54 Å². The van der Waals surface area contributed by atoms with Gasteiger partial charge in [-0.3, -0.25) is 4.79 Å². The first-order valence-electron chi connectivity index (χ1n) is 5.03. The summed E-state index contributed by atoms with van der Waals surface area (Å²) in [6.45, 7) is -0.251. The first-order chi connectivity index (χ1) is 8.02. The highest BCUT2D eigenvalue weighted by atomic mass is 35.5. The Labute approximate surface area is 116 Å². The molecule has 0 aliphatic carbocycles. The van der Waals surface area contributed by atoms with Gasteiger partial charge in [-0.1, -0.05) is 12.1 Å². The Hall–Kier alpha value is -1.83. The quantitative estimate of drug-likeness (QED) is 0.553. The molecular weight excluding hydrogens is 276 g/mol. The maximum Gasteiger partial charge on any atom is 0.326 e. The van der Waals surface area contributed by atoms with Crippen LogP contribution in [0.5, 0.6) is 5.75 Å². The van der Waals surface area contributed by atoms with E-state index in [-0.39, 0.29) is 36.6 Å². The lowest BCUT2D eigenvalue weighted by molar-refractivity contribution is -0.141. The van der Waals surface area contributed by atoms with E-state index in [9.17, 15) is 9.59 Å². The number of amides is 1. The summed E-state index contributed by atoms with van der Waals surface area (Å²) in [5.74, 6) is -1.54. The van der Waals surface area contributed by atoms with Crippen LogP contribution in [-0.2, 0) is 16.0 Å². The predicted octanol–water partition coefficient (Wildman–Crippen LogP) is -0.940. The molecule has 1 rings (SSSR count). The van der Waals surface area contributed by atoms with Crippen LogP contribution in [-0.4, -0.2) is 40.2 Å². The van der Waals surface area contributed by atoms with Gasteiger partial charge in [-0.2, -0.15) is 0 Å². The van der Waals surface area contributed by atoms with Crippen LogP contribution in [0, 0.1) is 0 Å². The van der Waals surface area contributed by atoms with Gasteiger partial charge >= 0.3 is 5.97 Å². The van der Waals surface area contributed by atoms with Crippen LogP contribution in [0.15, 0.2) is 24.3 Å². The molecule has 8 heteroatoms. The molecule has 0 saturated heterocycles. The second-order valence-electron chi connectivity index (χ2n) is 3.53. The molecule has 7 N–H and O–H groups in total. The molecule has 0 aliphatic heterocycles. The lowest BCUT2D eigenvalue weighted by atomic mass is 10.1. The SMILES string of the molecule is Cl.NCC(=O)N[C@@H](Cc1ccc(O)cc1)C(=O)O.O. The number of carboxylic acid groups (broad SMARTS) is 1. The molecule has 0 heterocycles. The lowest BCUT2D eigenvalue weighted by Gasteiger charge is -2.13. The van der Waals surface area contributed by atoms with Crippen molar-refractivity contribution in [2.45, 2.75) is 12.5 Å². The van der Waals surface area contributed by atoms with Crippen LogP contribution in [0.3, 0.4) is 0 Å². The van der Waals surface area contributed by atoms with Gasteiger partial charge in [-0.25, -0.2) is 4.79 Å². The maximum atomic E-state index is 11.0. The minimum Gasteiger partial charge on any atom is -0.508 e. The maximum absolute atomic E-state index is 11.0. The van der Waals surface area contributed by atoms with E-state index in [2.05, 4.69) is 5.32 Å². The molecule has 0 saturated carbocycles. The Morgan fingerprint density at radius 2 is 1.79 bits per heavy atom. The fourth-order valence-electron chi connectivity index (χ4n) is 1.32. The number of hydrogen-bond acceptors (Lipinski definition) is 4. The molecule has 19 heavy (non-hydrogen) atoms. The highest BCUT2D eigenvalue weighted by Gasteiger charge is 2.19. The van der Waals surface area contributed by atoms with Gasteiger partial charge in [0.25, 0.3) is 0 Å². The summed E-state index contributed by atoms with van der Waals surface area (Å²) < 4.78 is 0. The van der Waals surface area contributed by atoms with Gasteiger partial charge in [0.15, 0.2) is 0 Å². The normalized spacial score (nSPS) is 10.6. The molecule has 1 aromatic carbocycles. The number of carbonyl (C=O) groups is 2. The molecule has 0 bridgehead atoms. The van der Waals surface area contributed by atoms with Gasteiger partial charge in [-0.05, 0) is 17.7 Å². The smallest absolute Gasteiger partial charge is 0.326 e. The molecule has 0 fully saturated rings. The van der Waals surface area contributed by atoms with Crippen LogP contribution < -0.4 is 11.1 Å². The summed E-state index contributed by atoms with van der Waals surface area (Å²) in [6.07, 6.45) is 0.140. The zero-order chi connectivity index (χ0) is 12.8. The fourth-order valence-corrected chi connectivity index (χ4v) is 1.32. The molecule has 1 amide bonds. The summed E-state index contributed by atoms with van der Waals surface area (Å²) in [5, 5.41) is 20.3. The van der Waals surface area contributed by atoms with E-state index in [0.29, 0.717) is 5.56 Å². The fraction of sp³-hybridized carbons (Fsp3) is 0.273. The average molecular weight is 293 g/mol. The first kappa shape index (κ1) is 19.5. The number of carbonyl (C=O) groups excluding carboxylic acids is 1. The molecule has 0 spiro atoms. The molecule has 0 unspecified atom stereocenters. The van der Waals surface area contributed by atoms with Crippen LogP contribution in [0.25, 0.3) is 0 Å². The Morgan fingerprint density at radius 3 is 2.21 bits per heavy atom. The monoisotopic (exact) mass is 292 g/mol. The van der Waals surface area contributed by atoms with Gasteiger partial charge in [0.1, 0.15) is 11.8 Å². The van der Waals surface area contributed by atoms with Crippen molar-refractivity contribution in [2.75, 3.05) is 6.54 Å². The number of nitrogens with two attached hydrogens (primary N) is 1. The average Bonchev–Trinajstić information content (AvgIpc) is 2.30. The molecule has 1 aromatic rings. The summed E-state index contributed by atoms with van der Waals surface area (Å²) in [6, 6.07) is 5.09. The van der Waals surface area contributed by atoms with Crippen LogP contribution in [0.4, 0.5) is 0 Å². The third-order valence-corrected chi connectivity index (χ3v) is 2.19. The van der Waals surface area contributed by atoms with Crippen molar-refractivity contribution in [1.82, 2.24) is 5.32 Å². The third-order valence-electron chi connectivity index (χ3n) is 2.19. The highest BCUT2D eigenvalue weighted by Crippen LogP contribution is 2.11. The van der Waals surface area contributed by atoms with Crippen molar-refractivity contribution >= 4 is 24.3 Å². The van der Waals surface area contributed by atoms with Gasteiger partial charge in [0, 0.05) is 6.42 Å². The number of hydrogen-bond donors (Lipinski definition) is 4. The van der Waals surface area contributed by atoms with E-state index in [1.165, 1.54) is 12.1 Å². The van der Waals surface area contributed by atoms with Crippen LogP contribution in [0.2, 0.25) is 0 Å². The Balaban J connectivity index is 0. The van der Waals surface area contributed by atoms with Crippen LogP contribution in [0.1, 0.15) is 5.56 Å². The number of phenolic OH excluding ortho intramolecular Hbond substituents is 1. The largest absolute Gasteiger partial charge is 0.508 e. The topological polar surface area (TPSA) is 144 Å². The van der Waals surface area contributed by atoms with E-state index >= 15 is 0 Å². The Kier molecular flexibility index (Phi) is 9.39. The second kappa shape index (κ2) is 9.15. The number of nitrogens with one attached hydrogen (secondary N) is 1. The standard InChI is InChI=1S/C11H14N2O4.ClH.H2O/c12-6-10(15)13-9(11(16)17)5-7-1-3-8(14)4-2-7;;/h1-4,9,14H,5-6,12H2,(H,13,15)(H,16,17);1H;1H2/t9-;;/m0../s1. The van der Waals surface area contributed by atoms with Crippen molar-refractivity contribution < 1.29 is 25.3 Å². The number of rotatable bonds is 5. The lowest BCUT2D eigenvalue weighted by Crippen LogP contribution is -2.44. The number of aromatic hydroxyl groups is 1. The summed E-state index contributed by atoms with van der Waals surface area (Å²) >= 11 is 0. The van der Waals surface area contributed by atoms with Crippen molar-refractivity contribution in [3.05, 3.63) is 29.8 Å². The number of benzene rings is 1. The molecule has 108 valence electrons. The first-order valence-corrected chi connectivity index (χ1v) is 5.03. The number of halogens is 1. The predicted molar refractivity (Wildman–Crippen MR) is 71.3 cm³/mol. The molecule has 7 nitrogen and oxygen atoms in total. The van der Waals surface area contributed by atoms with E-state index in [1.54, 1.807) is 12.1 Å². The van der Waals surface area contributed by atoms with Crippen molar-refractivity contribution in [3.63, 3.8) is 0 Å². The molecule has 1 atom stereocenters. The number of phenols is 1. The van der Waals surface area contributed by atoms with E-state index in [1.807, 2.05) is 0 Å². The molecule has 0 radical (unpaired) electrons. The summed E-state index contributed by atoms with van der Waals surface area (Å²) in [5.41, 5.74) is 5.80. The van der Waals surface area contributed by atoms with Gasteiger partial charge < -0.3 is 26.7 Å². The summed E-state index contributed by atoms with van der Waals surface area (Å²) in [4.78, 5) is 21.9. The zero-order valence-corrected chi connectivity index (χ0v) is 10.8. The molecule has 0 aromatic heterocycles. The van der Waals surface area contributed by atoms with E-state index in [0.717, 1.165) is 0 Å². The second-order valence-corrected chi connectivity index (χ2v) is 3.53.